The van der Waals surface area contributed by atoms with E-state index in [2.05, 4.69) is 0 Å². The highest BCUT2D eigenvalue weighted by atomic mass is 16.5. The van der Waals surface area contributed by atoms with Gasteiger partial charge in [-0.25, -0.2) is 0 Å². The molecule has 0 radical (unpaired) electrons. The molecule has 0 N–H and O–H groups in total. The first-order valence-corrected chi connectivity index (χ1v) is 4.41. The highest BCUT2D eigenvalue weighted by molar-refractivity contribution is 4.85. The van der Waals surface area contributed by atoms with Crippen LogP contribution < -0.4 is 0 Å². The van der Waals surface area contributed by atoms with E-state index in [1.54, 1.807) is 0 Å². The molecule has 58 valence electrons. The molecule has 2 fully saturated rings. The number of fused-ring (bicyclic) bond motifs is 2. The number of ether oxygens (including phenoxy) is 1. The summed E-state index contributed by atoms with van der Waals surface area (Å²) in [6.07, 6.45) is 7.74. The Morgan fingerprint density at radius 3 is 2.10 bits per heavy atom. The van der Waals surface area contributed by atoms with Gasteiger partial charge in [0.05, 0.1) is 6.10 Å². The third kappa shape index (κ3) is 1.07. The van der Waals surface area contributed by atoms with Crippen LogP contribution in [0.1, 0.15) is 32.1 Å². The Bertz CT molecular complexity index is 110. The van der Waals surface area contributed by atoms with Gasteiger partial charge in [-0.2, -0.15) is 0 Å². The van der Waals surface area contributed by atoms with Crippen molar-refractivity contribution in [2.75, 3.05) is 7.11 Å². The number of hydrogen-bond donors (Lipinski definition) is 0. The van der Waals surface area contributed by atoms with Crippen LogP contribution >= 0.6 is 0 Å². The summed E-state index contributed by atoms with van der Waals surface area (Å²) >= 11 is 0. The van der Waals surface area contributed by atoms with E-state index >= 15 is 0 Å². The summed E-state index contributed by atoms with van der Waals surface area (Å²) in [7, 11) is 1.86. The summed E-state index contributed by atoms with van der Waals surface area (Å²) in [6, 6.07) is 0. The van der Waals surface area contributed by atoms with Crippen molar-refractivity contribution in [3.63, 3.8) is 0 Å². The minimum Gasteiger partial charge on any atom is -0.381 e. The summed E-state index contributed by atoms with van der Waals surface area (Å²) in [4.78, 5) is 0. The molecular formula is C9H16O. The minimum absolute atomic E-state index is 0.603. The lowest BCUT2D eigenvalue weighted by molar-refractivity contribution is 0.0469. The van der Waals surface area contributed by atoms with Crippen LogP contribution in [0.3, 0.4) is 0 Å². The molecule has 0 aromatic rings. The zero-order valence-corrected chi connectivity index (χ0v) is 6.68. The van der Waals surface area contributed by atoms with Gasteiger partial charge in [-0.3, -0.25) is 0 Å². The van der Waals surface area contributed by atoms with Crippen molar-refractivity contribution in [2.45, 2.75) is 38.2 Å². The van der Waals surface area contributed by atoms with Crippen molar-refractivity contribution in [2.24, 2.45) is 11.8 Å². The predicted molar refractivity (Wildman–Crippen MR) is 40.9 cm³/mol. The maximum Gasteiger partial charge on any atom is 0.0576 e. The van der Waals surface area contributed by atoms with Crippen molar-refractivity contribution < 1.29 is 4.74 Å². The fourth-order valence-corrected chi connectivity index (χ4v) is 2.64. The van der Waals surface area contributed by atoms with Gasteiger partial charge in [-0.05, 0) is 31.1 Å². The van der Waals surface area contributed by atoms with Gasteiger partial charge in [-0.15, -0.1) is 0 Å². The topological polar surface area (TPSA) is 9.23 Å². The maximum absolute atomic E-state index is 5.37. The lowest BCUT2D eigenvalue weighted by atomic mass is 9.87. The van der Waals surface area contributed by atoms with Gasteiger partial charge < -0.3 is 4.74 Å². The van der Waals surface area contributed by atoms with E-state index in [0.717, 1.165) is 11.8 Å². The Morgan fingerprint density at radius 1 is 1.00 bits per heavy atom. The molecule has 1 heteroatoms. The van der Waals surface area contributed by atoms with Crippen LogP contribution in [0.25, 0.3) is 0 Å². The SMILES string of the molecule is CO[C@@H]1C[C@@H]2CC[C@@H](C2)C1. The number of rotatable bonds is 1. The third-order valence-electron chi connectivity index (χ3n) is 3.18. The van der Waals surface area contributed by atoms with Gasteiger partial charge in [0.1, 0.15) is 0 Å². The van der Waals surface area contributed by atoms with Crippen molar-refractivity contribution >= 4 is 0 Å². The zero-order chi connectivity index (χ0) is 6.97. The van der Waals surface area contributed by atoms with E-state index in [4.69, 9.17) is 4.74 Å². The number of methoxy groups -OCH3 is 1. The molecule has 0 amide bonds. The fraction of sp³-hybridized carbons (Fsp3) is 1.00. The van der Waals surface area contributed by atoms with Gasteiger partial charge in [0.25, 0.3) is 0 Å². The molecule has 2 saturated carbocycles. The van der Waals surface area contributed by atoms with E-state index in [1.165, 1.54) is 32.1 Å². The van der Waals surface area contributed by atoms with E-state index in [-0.39, 0.29) is 0 Å². The van der Waals surface area contributed by atoms with Crippen LogP contribution in [-0.4, -0.2) is 13.2 Å². The van der Waals surface area contributed by atoms with Crippen LogP contribution in [0.4, 0.5) is 0 Å². The first kappa shape index (κ1) is 6.66. The molecular weight excluding hydrogens is 124 g/mol. The average molecular weight is 140 g/mol. The second-order valence-corrected chi connectivity index (χ2v) is 3.87. The summed E-state index contributed by atoms with van der Waals surface area (Å²) in [6.45, 7) is 0. The van der Waals surface area contributed by atoms with Crippen molar-refractivity contribution in [1.29, 1.82) is 0 Å². The average Bonchev–Trinajstić information content (AvgIpc) is 2.30. The molecule has 2 aliphatic carbocycles. The quantitative estimate of drug-likeness (QED) is 0.542. The van der Waals surface area contributed by atoms with E-state index in [0.29, 0.717) is 6.10 Å². The van der Waals surface area contributed by atoms with Gasteiger partial charge in [0, 0.05) is 7.11 Å². The van der Waals surface area contributed by atoms with Crippen LogP contribution in [-0.2, 0) is 4.74 Å². The molecule has 0 aliphatic heterocycles. The zero-order valence-electron chi connectivity index (χ0n) is 6.68. The van der Waals surface area contributed by atoms with Gasteiger partial charge in [0.15, 0.2) is 0 Å². The van der Waals surface area contributed by atoms with E-state index in [9.17, 15) is 0 Å². The normalized spacial score (nSPS) is 45.9. The Morgan fingerprint density at radius 2 is 1.60 bits per heavy atom. The van der Waals surface area contributed by atoms with Crippen LogP contribution in [0.15, 0.2) is 0 Å². The standard InChI is InChI=1S/C9H16O/c1-10-9-5-7-2-3-8(4-7)6-9/h7-9H,2-6H2,1H3/t7-,8+,9-. The molecule has 0 aromatic heterocycles. The molecule has 2 aliphatic rings. The highest BCUT2D eigenvalue weighted by Crippen LogP contribution is 2.42. The summed E-state index contributed by atoms with van der Waals surface area (Å²) in [5, 5.41) is 0. The Kier molecular flexibility index (Phi) is 1.69. The van der Waals surface area contributed by atoms with Crippen LogP contribution in [0.5, 0.6) is 0 Å². The Hall–Kier alpha value is -0.0400. The van der Waals surface area contributed by atoms with Crippen molar-refractivity contribution in [3.05, 3.63) is 0 Å². The fourth-order valence-electron chi connectivity index (χ4n) is 2.64. The van der Waals surface area contributed by atoms with Crippen LogP contribution in [0.2, 0.25) is 0 Å². The minimum atomic E-state index is 0.603. The smallest absolute Gasteiger partial charge is 0.0576 e. The molecule has 0 spiro atoms. The predicted octanol–water partition coefficient (Wildman–Crippen LogP) is 2.21. The molecule has 10 heavy (non-hydrogen) atoms. The molecule has 3 atom stereocenters. The van der Waals surface area contributed by atoms with Gasteiger partial charge in [0.2, 0.25) is 0 Å². The lowest BCUT2D eigenvalue weighted by Gasteiger charge is -2.26. The second kappa shape index (κ2) is 2.54. The van der Waals surface area contributed by atoms with E-state index in [1.807, 2.05) is 7.11 Å². The monoisotopic (exact) mass is 140 g/mol. The molecule has 0 unspecified atom stereocenters. The first-order valence-electron chi connectivity index (χ1n) is 4.41. The third-order valence-corrected chi connectivity index (χ3v) is 3.18. The lowest BCUT2D eigenvalue weighted by Crippen LogP contribution is -2.21. The number of hydrogen-bond acceptors (Lipinski definition) is 1. The summed E-state index contributed by atoms with van der Waals surface area (Å²) in [5.41, 5.74) is 0. The largest absolute Gasteiger partial charge is 0.381 e. The second-order valence-electron chi connectivity index (χ2n) is 3.87. The van der Waals surface area contributed by atoms with Gasteiger partial charge in [-0.1, -0.05) is 12.8 Å². The first-order chi connectivity index (χ1) is 4.88. The molecule has 0 heterocycles. The van der Waals surface area contributed by atoms with Crippen molar-refractivity contribution in [3.8, 4) is 0 Å². The van der Waals surface area contributed by atoms with Crippen LogP contribution in [0, 0.1) is 11.8 Å². The Balaban J connectivity index is 1.96. The Labute approximate surface area is 62.8 Å². The van der Waals surface area contributed by atoms with Gasteiger partial charge >= 0.3 is 0 Å². The highest BCUT2D eigenvalue weighted by Gasteiger charge is 2.33. The molecule has 0 saturated heterocycles. The molecule has 0 aromatic carbocycles. The molecule has 2 rings (SSSR count). The van der Waals surface area contributed by atoms with Crippen molar-refractivity contribution in [1.82, 2.24) is 0 Å². The summed E-state index contributed by atoms with van der Waals surface area (Å²) in [5.74, 6) is 2.03. The molecule has 1 nitrogen and oxygen atoms in total. The van der Waals surface area contributed by atoms with E-state index < -0.39 is 0 Å². The summed E-state index contributed by atoms with van der Waals surface area (Å²) < 4.78 is 5.37. The molecule has 2 bridgehead atoms. The maximum atomic E-state index is 5.37.